The number of ketones is 1. The molecular formula is C15H21Cl2NO. The Bertz CT molecular complexity index is 421. The van der Waals surface area contributed by atoms with Gasteiger partial charge in [-0.25, -0.2) is 0 Å². The summed E-state index contributed by atoms with van der Waals surface area (Å²) in [6, 6.07) is 5.40. The van der Waals surface area contributed by atoms with Gasteiger partial charge < -0.3 is 5.73 Å². The molecule has 19 heavy (non-hydrogen) atoms. The van der Waals surface area contributed by atoms with Crippen LogP contribution >= 0.6 is 23.2 Å². The van der Waals surface area contributed by atoms with Crippen molar-refractivity contribution < 1.29 is 4.79 Å². The van der Waals surface area contributed by atoms with Gasteiger partial charge in [0.15, 0.2) is 0 Å². The normalized spacial score (nSPS) is 12.4. The van der Waals surface area contributed by atoms with E-state index in [0.717, 1.165) is 24.8 Å². The molecule has 106 valence electrons. The van der Waals surface area contributed by atoms with Crippen LogP contribution in [0.3, 0.4) is 0 Å². The standard InChI is InChI=1S/C15H21Cl2NO/c1-2-11(8-9-18)6-7-13(19)10-12-4-3-5-14(16)15(12)17/h3-5,11H,2,6-10,18H2,1H3. The summed E-state index contributed by atoms with van der Waals surface area (Å²) in [6.07, 6.45) is 3.91. The largest absolute Gasteiger partial charge is 0.330 e. The smallest absolute Gasteiger partial charge is 0.137 e. The Hall–Kier alpha value is -0.570. The Morgan fingerprint density at radius 1 is 1.32 bits per heavy atom. The SMILES string of the molecule is CCC(CCN)CCC(=O)Cc1cccc(Cl)c1Cl. The molecule has 0 heterocycles. The van der Waals surface area contributed by atoms with Crippen LogP contribution in [-0.2, 0) is 11.2 Å². The van der Waals surface area contributed by atoms with Gasteiger partial charge in [-0.3, -0.25) is 4.79 Å². The zero-order valence-electron chi connectivity index (χ0n) is 11.3. The minimum absolute atomic E-state index is 0.208. The molecule has 0 saturated carbocycles. The fourth-order valence-electron chi connectivity index (χ4n) is 2.14. The average molecular weight is 302 g/mol. The predicted octanol–water partition coefficient (Wildman–Crippen LogP) is 4.26. The van der Waals surface area contributed by atoms with Gasteiger partial charge in [0, 0.05) is 12.8 Å². The van der Waals surface area contributed by atoms with Gasteiger partial charge in [0.2, 0.25) is 0 Å². The lowest BCUT2D eigenvalue weighted by molar-refractivity contribution is -0.118. The average Bonchev–Trinajstić information content (AvgIpc) is 2.40. The Labute approximate surface area is 125 Å². The summed E-state index contributed by atoms with van der Waals surface area (Å²) in [4.78, 5) is 12.0. The van der Waals surface area contributed by atoms with Gasteiger partial charge in [0.05, 0.1) is 10.0 Å². The number of halogens is 2. The molecule has 1 atom stereocenters. The minimum Gasteiger partial charge on any atom is -0.330 e. The first-order valence-electron chi connectivity index (χ1n) is 6.73. The van der Waals surface area contributed by atoms with Crippen molar-refractivity contribution in [3.8, 4) is 0 Å². The summed E-state index contributed by atoms with van der Waals surface area (Å²) in [5.74, 6) is 0.753. The van der Waals surface area contributed by atoms with E-state index in [1.165, 1.54) is 0 Å². The van der Waals surface area contributed by atoms with Crippen molar-refractivity contribution in [3.05, 3.63) is 33.8 Å². The molecule has 1 aromatic carbocycles. The number of benzene rings is 1. The molecule has 0 radical (unpaired) electrons. The van der Waals surface area contributed by atoms with E-state index in [2.05, 4.69) is 6.92 Å². The topological polar surface area (TPSA) is 43.1 Å². The van der Waals surface area contributed by atoms with Gasteiger partial charge in [-0.1, -0.05) is 48.7 Å². The van der Waals surface area contributed by atoms with E-state index in [4.69, 9.17) is 28.9 Å². The number of carbonyl (C=O) groups excluding carboxylic acids is 1. The van der Waals surface area contributed by atoms with E-state index in [9.17, 15) is 4.79 Å². The lowest BCUT2D eigenvalue weighted by Gasteiger charge is -2.13. The van der Waals surface area contributed by atoms with Crippen molar-refractivity contribution in [2.45, 2.75) is 39.0 Å². The molecule has 4 heteroatoms. The molecule has 2 N–H and O–H groups in total. The summed E-state index contributed by atoms with van der Waals surface area (Å²) < 4.78 is 0. The molecule has 1 unspecified atom stereocenters. The van der Waals surface area contributed by atoms with Crippen LogP contribution in [0.15, 0.2) is 18.2 Å². The monoisotopic (exact) mass is 301 g/mol. The molecule has 0 aliphatic heterocycles. The van der Waals surface area contributed by atoms with Gasteiger partial charge in [-0.2, -0.15) is 0 Å². The molecule has 0 bridgehead atoms. The molecule has 0 fully saturated rings. The van der Waals surface area contributed by atoms with Crippen molar-refractivity contribution >= 4 is 29.0 Å². The third-order valence-corrected chi connectivity index (χ3v) is 4.26. The summed E-state index contributed by atoms with van der Waals surface area (Å²) in [5.41, 5.74) is 6.37. The minimum atomic E-state index is 0.208. The van der Waals surface area contributed by atoms with Gasteiger partial charge >= 0.3 is 0 Å². The van der Waals surface area contributed by atoms with Crippen LogP contribution in [0.25, 0.3) is 0 Å². The van der Waals surface area contributed by atoms with E-state index in [1.54, 1.807) is 6.07 Å². The number of hydrogen-bond donors (Lipinski definition) is 1. The summed E-state index contributed by atoms with van der Waals surface area (Å²) in [6.45, 7) is 2.82. The number of carbonyl (C=O) groups is 1. The molecule has 0 amide bonds. The quantitative estimate of drug-likeness (QED) is 0.779. The van der Waals surface area contributed by atoms with Crippen LogP contribution in [0.1, 0.15) is 38.2 Å². The Morgan fingerprint density at radius 3 is 2.68 bits per heavy atom. The van der Waals surface area contributed by atoms with E-state index >= 15 is 0 Å². The van der Waals surface area contributed by atoms with Crippen LogP contribution in [0.2, 0.25) is 10.0 Å². The molecule has 0 spiro atoms. The highest BCUT2D eigenvalue weighted by atomic mass is 35.5. The van der Waals surface area contributed by atoms with Gasteiger partial charge in [-0.05, 0) is 36.9 Å². The third kappa shape index (κ3) is 5.52. The van der Waals surface area contributed by atoms with Crippen molar-refractivity contribution in [1.29, 1.82) is 0 Å². The third-order valence-electron chi connectivity index (χ3n) is 3.40. The molecule has 0 aromatic heterocycles. The Morgan fingerprint density at radius 2 is 2.05 bits per heavy atom. The first kappa shape index (κ1) is 16.5. The second-order valence-corrected chi connectivity index (χ2v) is 5.60. The second kappa shape index (κ2) is 8.57. The zero-order chi connectivity index (χ0) is 14.3. The highest BCUT2D eigenvalue weighted by molar-refractivity contribution is 6.42. The molecule has 1 rings (SSSR count). The van der Waals surface area contributed by atoms with E-state index in [0.29, 0.717) is 35.3 Å². The predicted molar refractivity (Wildman–Crippen MR) is 81.9 cm³/mol. The molecule has 0 aliphatic rings. The fraction of sp³-hybridized carbons (Fsp3) is 0.533. The number of nitrogens with two attached hydrogens (primary N) is 1. The maximum atomic E-state index is 12.0. The van der Waals surface area contributed by atoms with E-state index in [-0.39, 0.29) is 5.78 Å². The molecule has 0 saturated heterocycles. The Kier molecular flexibility index (Phi) is 7.44. The summed E-state index contributed by atoms with van der Waals surface area (Å²) >= 11 is 12.0. The fourth-order valence-corrected chi connectivity index (χ4v) is 2.53. The molecule has 1 aromatic rings. The van der Waals surface area contributed by atoms with Crippen molar-refractivity contribution in [3.63, 3.8) is 0 Å². The van der Waals surface area contributed by atoms with Gasteiger partial charge in [0.1, 0.15) is 5.78 Å². The van der Waals surface area contributed by atoms with Crippen molar-refractivity contribution in [2.75, 3.05) is 6.54 Å². The van der Waals surface area contributed by atoms with Crippen molar-refractivity contribution in [2.24, 2.45) is 11.7 Å². The zero-order valence-corrected chi connectivity index (χ0v) is 12.8. The number of Topliss-reactive ketones (excluding diaryl/α,β-unsaturated/α-hetero) is 1. The van der Waals surface area contributed by atoms with Crippen LogP contribution in [0, 0.1) is 5.92 Å². The van der Waals surface area contributed by atoms with Crippen molar-refractivity contribution in [1.82, 2.24) is 0 Å². The molecule has 0 aliphatic carbocycles. The second-order valence-electron chi connectivity index (χ2n) is 4.82. The van der Waals surface area contributed by atoms with Gasteiger partial charge in [0.25, 0.3) is 0 Å². The van der Waals surface area contributed by atoms with E-state index in [1.807, 2.05) is 12.1 Å². The maximum Gasteiger partial charge on any atom is 0.137 e. The van der Waals surface area contributed by atoms with Crippen LogP contribution in [-0.4, -0.2) is 12.3 Å². The van der Waals surface area contributed by atoms with Crippen LogP contribution in [0.4, 0.5) is 0 Å². The maximum absolute atomic E-state index is 12.0. The highest BCUT2D eigenvalue weighted by Crippen LogP contribution is 2.26. The summed E-state index contributed by atoms with van der Waals surface area (Å²) in [7, 11) is 0. The lowest BCUT2D eigenvalue weighted by atomic mass is 9.94. The molecular weight excluding hydrogens is 281 g/mol. The van der Waals surface area contributed by atoms with Crippen LogP contribution in [0.5, 0.6) is 0 Å². The number of rotatable bonds is 8. The first-order valence-corrected chi connectivity index (χ1v) is 7.48. The molecule has 2 nitrogen and oxygen atoms in total. The van der Waals surface area contributed by atoms with Crippen LogP contribution < -0.4 is 5.73 Å². The first-order chi connectivity index (χ1) is 9.08. The lowest BCUT2D eigenvalue weighted by Crippen LogP contribution is -2.11. The van der Waals surface area contributed by atoms with Gasteiger partial charge in [-0.15, -0.1) is 0 Å². The van der Waals surface area contributed by atoms with E-state index < -0.39 is 0 Å². The summed E-state index contributed by atoms with van der Waals surface area (Å²) in [5, 5.41) is 0.994. The number of hydrogen-bond acceptors (Lipinski definition) is 2. The highest BCUT2D eigenvalue weighted by Gasteiger charge is 2.12. The Balaban J connectivity index is 2.49.